The lowest BCUT2D eigenvalue weighted by Crippen LogP contribution is -2.52. The fraction of sp³-hybridized carbons (Fsp3) is 0.929. The Hall–Kier alpha value is -0.690. The molecule has 2 heterocycles. The topological polar surface area (TPSA) is 62.2 Å². The van der Waals surface area contributed by atoms with Gasteiger partial charge in [0.1, 0.15) is 0 Å². The van der Waals surface area contributed by atoms with Crippen molar-refractivity contribution in [3.63, 3.8) is 0 Å². The van der Waals surface area contributed by atoms with Gasteiger partial charge in [-0.25, -0.2) is 4.79 Å². The van der Waals surface area contributed by atoms with Gasteiger partial charge in [-0.3, -0.25) is 9.80 Å². The normalized spacial score (nSPS) is 29.8. The zero-order chi connectivity index (χ0) is 14.5. The maximum absolute atomic E-state index is 11.0. The molecule has 0 spiro atoms. The average molecular weight is 286 g/mol. The monoisotopic (exact) mass is 286 g/mol. The van der Waals surface area contributed by atoms with Crippen LogP contribution in [-0.4, -0.2) is 85.6 Å². The smallest absolute Gasteiger partial charge is 0.334 e. The molecule has 2 aliphatic rings. The third kappa shape index (κ3) is 4.70. The first-order chi connectivity index (χ1) is 9.54. The Morgan fingerprint density at radius 2 is 1.90 bits per heavy atom. The van der Waals surface area contributed by atoms with Crippen LogP contribution in [0.1, 0.15) is 13.8 Å². The Morgan fingerprint density at radius 3 is 2.60 bits per heavy atom. The van der Waals surface area contributed by atoms with Crippen molar-refractivity contribution in [3.05, 3.63) is 0 Å². The molecule has 0 aromatic heterocycles. The molecule has 1 N–H and O–H groups in total. The van der Waals surface area contributed by atoms with Crippen molar-refractivity contribution >= 4 is 5.97 Å². The van der Waals surface area contributed by atoms with E-state index in [4.69, 9.17) is 14.6 Å². The lowest BCUT2D eigenvalue weighted by molar-refractivity contribution is -0.157. The van der Waals surface area contributed by atoms with Crippen molar-refractivity contribution in [3.8, 4) is 0 Å². The second-order valence-corrected chi connectivity index (χ2v) is 6.10. The summed E-state index contributed by atoms with van der Waals surface area (Å²) in [6.07, 6.45) is -0.519. The van der Waals surface area contributed by atoms with Crippen molar-refractivity contribution in [1.82, 2.24) is 9.80 Å². The number of morpholine rings is 2. The molecule has 0 radical (unpaired) electrons. The molecule has 20 heavy (non-hydrogen) atoms. The van der Waals surface area contributed by atoms with Crippen LogP contribution in [0.25, 0.3) is 0 Å². The van der Waals surface area contributed by atoms with Gasteiger partial charge in [-0.15, -0.1) is 0 Å². The lowest BCUT2D eigenvalue weighted by Gasteiger charge is -2.38. The molecule has 2 unspecified atom stereocenters. The zero-order valence-electron chi connectivity index (χ0n) is 12.5. The van der Waals surface area contributed by atoms with Crippen LogP contribution in [0.15, 0.2) is 0 Å². The van der Waals surface area contributed by atoms with Crippen LogP contribution in [0.5, 0.6) is 0 Å². The molecule has 0 bridgehead atoms. The number of hydrogen-bond acceptors (Lipinski definition) is 5. The number of rotatable bonds is 5. The first-order valence-electron chi connectivity index (χ1n) is 7.45. The van der Waals surface area contributed by atoms with Gasteiger partial charge < -0.3 is 14.6 Å². The Morgan fingerprint density at radius 1 is 1.20 bits per heavy atom. The minimum absolute atomic E-state index is 0.176. The zero-order valence-corrected chi connectivity index (χ0v) is 12.5. The van der Waals surface area contributed by atoms with E-state index in [2.05, 4.69) is 23.6 Å². The third-order valence-electron chi connectivity index (χ3n) is 3.73. The molecule has 2 rings (SSSR count). The second kappa shape index (κ2) is 7.36. The van der Waals surface area contributed by atoms with Crippen LogP contribution in [-0.2, 0) is 14.3 Å². The average Bonchev–Trinajstić information content (AvgIpc) is 2.38. The Bertz CT molecular complexity index is 324. The molecule has 2 aliphatic heterocycles. The summed E-state index contributed by atoms with van der Waals surface area (Å²) in [6, 6.07) is 0. The Balaban J connectivity index is 1.78. The quantitative estimate of drug-likeness (QED) is 0.775. The summed E-state index contributed by atoms with van der Waals surface area (Å²) in [7, 11) is 0. The Kier molecular flexibility index (Phi) is 5.77. The number of nitrogens with zero attached hydrogens (tertiary/aromatic N) is 2. The summed E-state index contributed by atoms with van der Waals surface area (Å²) in [4.78, 5) is 15.6. The lowest BCUT2D eigenvalue weighted by atomic mass is 10.1. The SMILES string of the molecule is CC(C)CN1CCOC(CN2CCOC(C(=O)O)C2)C1. The van der Waals surface area contributed by atoms with Gasteiger partial charge in [-0.1, -0.05) is 13.8 Å². The van der Waals surface area contributed by atoms with E-state index in [9.17, 15) is 4.79 Å². The largest absolute Gasteiger partial charge is 0.479 e. The van der Waals surface area contributed by atoms with E-state index in [-0.39, 0.29) is 6.10 Å². The fourth-order valence-electron chi connectivity index (χ4n) is 2.88. The van der Waals surface area contributed by atoms with Crippen LogP contribution in [0, 0.1) is 5.92 Å². The van der Waals surface area contributed by atoms with E-state index < -0.39 is 12.1 Å². The molecule has 2 fully saturated rings. The summed E-state index contributed by atoms with van der Waals surface area (Å²) in [5.41, 5.74) is 0. The predicted molar refractivity (Wildman–Crippen MR) is 74.8 cm³/mol. The summed E-state index contributed by atoms with van der Waals surface area (Å²) in [5.74, 6) is -0.214. The standard InChI is InChI=1S/C14H26N2O4/c1-11(2)7-15-3-5-19-12(8-15)9-16-4-6-20-13(10-16)14(17)18/h11-13H,3-10H2,1-2H3,(H,17,18). The highest BCUT2D eigenvalue weighted by Crippen LogP contribution is 2.12. The van der Waals surface area contributed by atoms with Gasteiger partial charge >= 0.3 is 5.97 Å². The minimum atomic E-state index is -0.874. The second-order valence-electron chi connectivity index (χ2n) is 6.10. The fourth-order valence-corrected chi connectivity index (χ4v) is 2.88. The first kappa shape index (κ1) is 15.7. The predicted octanol–water partition coefficient (Wildman–Crippen LogP) is 0.129. The third-order valence-corrected chi connectivity index (χ3v) is 3.73. The molecule has 6 heteroatoms. The molecular weight excluding hydrogens is 260 g/mol. The van der Waals surface area contributed by atoms with E-state index >= 15 is 0 Å². The van der Waals surface area contributed by atoms with Gasteiger partial charge in [0.25, 0.3) is 0 Å². The molecule has 2 saturated heterocycles. The van der Waals surface area contributed by atoms with E-state index in [0.717, 1.165) is 39.3 Å². The summed E-state index contributed by atoms with van der Waals surface area (Å²) in [6.45, 7) is 10.8. The summed E-state index contributed by atoms with van der Waals surface area (Å²) in [5, 5.41) is 9.01. The van der Waals surface area contributed by atoms with Gasteiger partial charge in [0.05, 0.1) is 19.3 Å². The highest BCUT2D eigenvalue weighted by Gasteiger charge is 2.29. The van der Waals surface area contributed by atoms with Gasteiger partial charge in [0.15, 0.2) is 6.10 Å². The van der Waals surface area contributed by atoms with Crippen LogP contribution >= 0.6 is 0 Å². The molecule has 6 nitrogen and oxygen atoms in total. The number of aliphatic carboxylic acids is 1. The number of ether oxygens (including phenoxy) is 2. The number of carbonyl (C=O) groups is 1. The van der Waals surface area contributed by atoms with Crippen LogP contribution in [0.4, 0.5) is 0 Å². The van der Waals surface area contributed by atoms with E-state index in [0.29, 0.717) is 19.1 Å². The molecular formula is C14H26N2O4. The molecule has 0 aromatic carbocycles. The number of hydrogen-bond donors (Lipinski definition) is 1. The van der Waals surface area contributed by atoms with Crippen LogP contribution in [0.3, 0.4) is 0 Å². The maximum Gasteiger partial charge on any atom is 0.334 e. The first-order valence-corrected chi connectivity index (χ1v) is 7.45. The van der Waals surface area contributed by atoms with E-state index in [1.807, 2.05) is 0 Å². The van der Waals surface area contributed by atoms with Crippen molar-refractivity contribution < 1.29 is 19.4 Å². The van der Waals surface area contributed by atoms with Crippen molar-refractivity contribution in [1.29, 1.82) is 0 Å². The van der Waals surface area contributed by atoms with Gasteiger partial charge in [0, 0.05) is 39.3 Å². The molecule has 2 atom stereocenters. The molecule has 0 amide bonds. The molecule has 0 saturated carbocycles. The molecule has 116 valence electrons. The number of carboxylic acid groups (broad SMARTS) is 1. The summed E-state index contributed by atoms with van der Waals surface area (Å²) >= 11 is 0. The van der Waals surface area contributed by atoms with E-state index in [1.165, 1.54) is 0 Å². The molecule has 0 aromatic rings. The van der Waals surface area contributed by atoms with Gasteiger partial charge in [-0.2, -0.15) is 0 Å². The number of carboxylic acids is 1. The van der Waals surface area contributed by atoms with Gasteiger partial charge in [0.2, 0.25) is 0 Å². The Labute approximate surface area is 120 Å². The minimum Gasteiger partial charge on any atom is -0.479 e. The van der Waals surface area contributed by atoms with Crippen LogP contribution in [0.2, 0.25) is 0 Å². The highest BCUT2D eigenvalue weighted by atomic mass is 16.5. The highest BCUT2D eigenvalue weighted by molar-refractivity contribution is 5.72. The van der Waals surface area contributed by atoms with Crippen molar-refractivity contribution in [2.45, 2.75) is 26.1 Å². The summed E-state index contributed by atoms with van der Waals surface area (Å²) < 4.78 is 11.1. The van der Waals surface area contributed by atoms with Crippen molar-refractivity contribution in [2.24, 2.45) is 5.92 Å². The van der Waals surface area contributed by atoms with Crippen molar-refractivity contribution in [2.75, 3.05) is 52.5 Å². The van der Waals surface area contributed by atoms with Crippen LogP contribution < -0.4 is 0 Å². The molecule has 0 aliphatic carbocycles. The maximum atomic E-state index is 11.0. The van der Waals surface area contributed by atoms with E-state index in [1.54, 1.807) is 0 Å². The van der Waals surface area contributed by atoms with Gasteiger partial charge in [-0.05, 0) is 5.92 Å².